The van der Waals surface area contributed by atoms with Crippen LogP contribution in [0.4, 0.5) is 5.82 Å². The van der Waals surface area contributed by atoms with Gasteiger partial charge in [-0.1, -0.05) is 13.3 Å². The number of hydrogen-bond donors (Lipinski definition) is 2. The van der Waals surface area contributed by atoms with Crippen LogP contribution in [-0.2, 0) is 18.4 Å². The maximum atomic E-state index is 12.0. The van der Waals surface area contributed by atoms with Crippen molar-refractivity contribution >= 4 is 22.8 Å². The fourth-order valence-corrected chi connectivity index (χ4v) is 2.70. The van der Waals surface area contributed by atoms with Gasteiger partial charge in [-0.3, -0.25) is 9.48 Å². The van der Waals surface area contributed by atoms with E-state index in [2.05, 4.69) is 27.4 Å². The molecule has 1 aliphatic rings. The topological polar surface area (TPSA) is 102 Å². The molecule has 2 aromatic rings. The summed E-state index contributed by atoms with van der Waals surface area (Å²) in [5, 5.41) is 4.92. The Hall–Kier alpha value is -2.22. The molecule has 1 saturated heterocycles. The highest BCUT2D eigenvalue weighted by Crippen LogP contribution is 2.23. The minimum Gasteiger partial charge on any atom is -0.335 e. The molecule has 0 aromatic carbocycles. The van der Waals surface area contributed by atoms with Crippen molar-refractivity contribution < 1.29 is 4.79 Å². The Labute approximate surface area is 122 Å². The number of hydrogen-bond acceptors (Lipinski definition) is 6. The zero-order chi connectivity index (χ0) is 15.0. The molecular formula is C13H19N7O. The quantitative estimate of drug-likeness (QED) is 0.624. The molecule has 1 fully saturated rings. The highest BCUT2D eigenvalue weighted by molar-refractivity contribution is 5.86. The van der Waals surface area contributed by atoms with Crippen molar-refractivity contribution in [1.29, 1.82) is 0 Å². The average molecular weight is 289 g/mol. The van der Waals surface area contributed by atoms with Crippen molar-refractivity contribution in [2.45, 2.75) is 26.3 Å². The molecule has 0 radical (unpaired) electrons. The zero-order valence-corrected chi connectivity index (χ0v) is 12.2. The Morgan fingerprint density at radius 1 is 1.48 bits per heavy atom. The van der Waals surface area contributed by atoms with E-state index in [9.17, 15) is 4.79 Å². The van der Waals surface area contributed by atoms with Crippen LogP contribution in [0.15, 0.2) is 6.20 Å². The lowest BCUT2D eigenvalue weighted by atomic mass is 10.1. The number of nitrogen functional groups attached to an aromatic ring is 1. The number of rotatable bonds is 4. The smallest absolute Gasteiger partial charge is 0.223 e. The molecule has 0 spiro atoms. The van der Waals surface area contributed by atoms with Gasteiger partial charge in [-0.25, -0.2) is 15.8 Å². The van der Waals surface area contributed by atoms with E-state index >= 15 is 0 Å². The molecule has 3 N–H and O–H groups in total. The van der Waals surface area contributed by atoms with E-state index in [-0.39, 0.29) is 5.91 Å². The summed E-state index contributed by atoms with van der Waals surface area (Å²) >= 11 is 0. The molecule has 21 heavy (non-hydrogen) atoms. The number of hydrazine groups is 1. The van der Waals surface area contributed by atoms with Gasteiger partial charge in [-0.05, 0) is 5.92 Å². The lowest BCUT2D eigenvalue weighted by Gasteiger charge is -2.16. The third kappa shape index (κ3) is 2.42. The van der Waals surface area contributed by atoms with E-state index in [0.717, 1.165) is 18.4 Å². The normalized spacial score (nSPS) is 18.7. The maximum absolute atomic E-state index is 12.0. The molecule has 8 nitrogen and oxygen atoms in total. The molecule has 1 amide bonds. The minimum atomic E-state index is 0.165. The number of carbonyl (C=O) groups is 1. The van der Waals surface area contributed by atoms with E-state index in [1.165, 1.54) is 0 Å². The molecule has 8 heteroatoms. The molecule has 112 valence electrons. The van der Waals surface area contributed by atoms with Crippen LogP contribution in [0.25, 0.3) is 11.0 Å². The molecule has 2 aromatic heterocycles. The molecule has 1 aliphatic heterocycles. The maximum Gasteiger partial charge on any atom is 0.223 e. The summed E-state index contributed by atoms with van der Waals surface area (Å²) in [6.07, 6.45) is 3.30. The molecule has 0 aliphatic carbocycles. The second-order valence-electron chi connectivity index (χ2n) is 5.39. The monoisotopic (exact) mass is 289 g/mol. The van der Waals surface area contributed by atoms with E-state index in [1.807, 2.05) is 11.9 Å². The van der Waals surface area contributed by atoms with E-state index in [4.69, 9.17) is 5.84 Å². The number of nitrogens with zero attached hydrogens (tertiary/aromatic N) is 5. The Morgan fingerprint density at radius 3 is 2.95 bits per heavy atom. The van der Waals surface area contributed by atoms with E-state index in [1.54, 1.807) is 10.9 Å². The SMILES string of the molecule is CCC1CC(=O)N(Cc2nc(NN)c3cnn(C)c3n2)C1. The second kappa shape index (κ2) is 5.28. The van der Waals surface area contributed by atoms with Gasteiger partial charge in [0.15, 0.2) is 17.3 Å². The predicted octanol–water partition coefficient (Wildman–Crippen LogP) is 0.407. The third-order valence-electron chi connectivity index (χ3n) is 3.98. The fourth-order valence-electron chi connectivity index (χ4n) is 2.70. The van der Waals surface area contributed by atoms with Crippen LogP contribution in [-0.4, -0.2) is 37.1 Å². The molecule has 3 rings (SSSR count). The summed E-state index contributed by atoms with van der Waals surface area (Å²) in [7, 11) is 1.81. The number of carbonyl (C=O) groups excluding carboxylic acids is 1. The molecule has 1 atom stereocenters. The molecule has 0 bridgehead atoms. The first-order valence-corrected chi connectivity index (χ1v) is 7.05. The standard InChI is InChI=1S/C13H19N7O/c1-3-8-4-11(21)20(6-8)7-10-16-12(18-14)9-5-15-19(2)13(9)17-10/h5,8H,3-4,6-7,14H2,1-2H3,(H,16,17,18). The van der Waals surface area contributed by atoms with E-state index < -0.39 is 0 Å². The summed E-state index contributed by atoms with van der Waals surface area (Å²) in [6.45, 7) is 3.29. The van der Waals surface area contributed by atoms with E-state index in [0.29, 0.717) is 36.2 Å². The number of fused-ring (bicyclic) bond motifs is 1. The van der Waals surface area contributed by atoms with Crippen LogP contribution in [0.1, 0.15) is 25.6 Å². The van der Waals surface area contributed by atoms with Crippen molar-refractivity contribution in [3.05, 3.63) is 12.0 Å². The predicted molar refractivity (Wildman–Crippen MR) is 77.9 cm³/mol. The Bertz CT molecular complexity index is 680. The van der Waals surface area contributed by atoms with Crippen molar-refractivity contribution in [3.63, 3.8) is 0 Å². The number of nitrogens with one attached hydrogen (secondary N) is 1. The second-order valence-corrected chi connectivity index (χ2v) is 5.39. The van der Waals surface area contributed by atoms with Crippen LogP contribution in [0, 0.1) is 5.92 Å². The number of anilines is 1. The molecular weight excluding hydrogens is 270 g/mol. The number of likely N-dealkylation sites (tertiary alicyclic amines) is 1. The van der Waals surface area contributed by atoms with Gasteiger partial charge in [0.1, 0.15) is 0 Å². The van der Waals surface area contributed by atoms with Crippen LogP contribution in [0.3, 0.4) is 0 Å². The number of amides is 1. The van der Waals surface area contributed by atoms with Crippen molar-refractivity contribution in [2.24, 2.45) is 18.8 Å². The minimum absolute atomic E-state index is 0.165. The molecule has 0 saturated carbocycles. The van der Waals surface area contributed by atoms with Gasteiger partial charge in [0, 0.05) is 20.0 Å². The first-order chi connectivity index (χ1) is 10.1. The summed E-state index contributed by atoms with van der Waals surface area (Å²) in [6, 6.07) is 0. The number of nitrogens with two attached hydrogens (primary N) is 1. The zero-order valence-electron chi connectivity index (χ0n) is 12.2. The number of aromatic nitrogens is 4. The van der Waals surface area contributed by atoms with Crippen molar-refractivity contribution in [3.8, 4) is 0 Å². The van der Waals surface area contributed by atoms with Gasteiger partial charge in [0.2, 0.25) is 5.91 Å². The van der Waals surface area contributed by atoms with Gasteiger partial charge < -0.3 is 10.3 Å². The fraction of sp³-hybridized carbons (Fsp3) is 0.538. The third-order valence-corrected chi connectivity index (χ3v) is 3.98. The van der Waals surface area contributed by atoms with Crippen molar-refractivity contribution in [1.82, 2.24) is 24.6 Å². The highest BCUT2D eigenvalue weighted by atomic mass is 16.2. The highest BCUT2D eigenvalue weighted by Gasteiger charge is 2.29. The van der Waals surface area contributed by atoms with Gasteiger partial charge >= 0.3 is 0 Å². The summed E-state index contributed by atoms with van der Waals surface area (Å²) in [4.78, 5) is 22.7. The van der Waals surface area contributed by atoms with Crippen LogP contribution in [0.5, 0.6) is 0 Å². The summed E-state index contributed by atoms with van der Waals surface area (Å²) in [5.74, 6) is 7.22. The van der Waals surface area contributed by atoms with Crippen LogP contribution < -0.4 is 11.3 Å². The van der Waals surface area contributed by atoms with Gasteiger partial charge in [0.25, 0.3) is 0 Å². The Morgan fingerprint density at radius 2 is 2.29 bits per heavy atom. The van der Waals surface area contributed by atoms with Crippen LogP contribution in [0.2, 0.25) is 0 Å². The lowest BCUT2D eigenvalue weighted by Crippen LogP contribution is -2.26. The van der Waals surface area contributed by atoms with Crippen molar-refractivity contribution in [2.75, 3.05) is 12.0 Å². The lowest BCUT2D eigenvalue weighted by molar-refractivity contribution is -0.128. The first kappa shape index (κ1) is 13.7. The van der Waals surface area contributed by atoms with Gasteiger partial charge in [0.05, 0.1) is 18.1 Å². The largest absolute Gasteiger partial charge is 0.335 e. The van der Waals surface area contributed by atoms with Crippen LogP contribution >= 0.6 is 0 Å². The van der Waals surface area contributed by atoms with Gasteiger partial charge in [-0.2, -0.15) is 5.10 Å². The molecule has 3 heterocycles. The first-order valence-electron chi connectivity index (χ1n) is 7.05. The van der Waals surface area contributed by atoms with Gasteiger partial charge in [-0.15, -0.1) is 0 Å². The summed E-state index contributed by atoms with van der Waals surface area (Å²) in [5.41, 5.74) is 3.27. The Balaban J connectivity index is 1.90. The summed E-state index contributed by atoms with van der Waals surface area (Å²) < 4.78 is 1.67. The molecule has 1 unspecified atom stereocenters. The number of aryl methyl sites for hydroxylation is 1. The average Bonchev–Trinajstić information content (AvgIpc) is 3.03. The Kier molecular flexibility index (Phi) is 3.46.